The Labute approximate surface area is 913 Å². The highest BCUT2D eigenvalue weighted by Crippen LogP contribution is 2.22. The van der Waals surface area contributed by atoms with Gasteiger partial charge in [0, 0.05) is 138 Å². The third-order valence-electron chi connectivity index (χ3n) is 23.3. The van der Waals surface area contributed by atoms with Crippen molar-refractivity contribution in [3.8, 4) is 0 Å². The van der Waals surface area contributed by atoms with Crippen LogP contribution in [-0.4, -0.2) is 384 Å². The van der Waals surface area contributed by atoms with Crippen LogP contribution in [0, 0.1) is 41.4 Å². The molecule has 0 aromatic heterocycles. The molecule has 0 saturated heterocycles. The Morgan fingerprint density at radius 3 is 0.655 bits per heavy atom. The topological polar surface area (TPSA) is 414 Å². The summed E-state index contributed by atoms with van der Waals surface area (Å²) in [6.45, 7) is 25.0. The van der Waals surface area contributed by atoms with Crippen molar-refractivity contribution >= 4 is 154 Å². The predicted octanol–water partition coefficient (Wildman–Crippen LogP) is 15.3. The zero-order valence-electron chi connectivity index (χ0n) is 92.7. The average Bonchev–Trinajstić information content (AvgIpc) is 0.947. The Morgan fingerprint density at radius 2 is 0.412 bits per heavy atom. The lowest BCUT2D eigenvalue weighted by Crippen LogP contribution is -2.33. The number of hydrogen-bond donors (Lipinski definition) is 2. The van der Waals surface area contributed by atoms with Crippen LogP contribution in [0.2, 0.25) is 0 Å². The maximum atomic E-state index is 13.3. The van der Waals surface area contributed by atoms with E-state index in [2.05, 4.69) is 43.2 Å². The largest absolute Gasteiger partial charge is 0.462 e. The van der Waals surface area contributed by atoms with Crippen LogP contribution >= 0.6 is 70.6 Å². The molecule has 0 heterocycles. The first-order valence-electron chi connectivity index (χ1n) is 55.0. The number of rotatable bonds is 106. The molecule has 0 fully saturated rings. The van der Waals surface area contributed by atoms with E-state index in [1.54, 1.807) is 67.8 Å². The van der Waals surface area contributed by atoms with E-state index in [-0.39, 0.29) is 244 Å². The van der Waals surface area contributed by atoms with Crippen LogP contribution in [-0.2, 0) is 138 Å². The molecule has 0 aliphatic heterocycles. The molecule has 0 aliphatic carbocycles. The van der Waals surface area contributed by atoms with Gasteiger partial charge in [-0.25, -0.2) is 0 Å². The second-order valence-electron chi connectivity index (χ2n) is 37.7. The van der Waals surface area contributed by atoms with Gasteiger partial charge in [0.15, 0.2) is 0 Å². The van der Waals surface area contributed by atoms with Gasteiger partial charge in [-0.15, -0.1) is 0 Å². The molecule has 41 heteroatoms. The summed E-state index contributed by atoms with van der Waals surface area (Å²) >= 11 is 9.85. The molecule has 2 N–H and O–H groups in total. The van der Waals surface area contributed by atoms with Crippen molar-refractivity contribution in [2.75, 3.05) is 280 Å². The van der Waals surface area contributed by atoms with Gasteiger partial charge in [0.05, 0.1) is 99.6 Å². The van der Waals surface area contributed by atoms with Crippen molar-refractivity contribution in [3.63, 3.8) is 0 Å². The van der Waals surface area contributed by atoms with Gasteiger partial charge in [0.25, 0.3) is 0 Å². The van der Waals surface area contributed by atoms with Crippen molar-refractivity contribution in [2.24, 2.45) is 41.4 Å². The number of carbonyl (C=O) groups is 14. The normalized spacial score (nSPS) is 12.8. The van der Waals surface area contributed by atoms with Gasteiger partial charge in [0.1, 0.15) is 92.5 Å². The molecule has 0 aliphatic rings. The Kier molecular flexibility index (Phi) is 98.0. The second kappa shape index (κ2) is 102. The first-order chi connectivity index (χ1) is 71.5. The lowest BCUT2D eigenvalue weighted by molar-refractivity contribution is -0.156. The van der Waals surface area contributed by atoms with E-state index in [1.807, 2.05) is 56.5 Å². The van der Waals surface area contributed by atoms with Gasteiger partial charge in [-0.05, 0) is 69.7 Å². The molecule has 862 valence electrons. The van der Waals surface area contributed by atoms with E-state index >= 15 is 0 Å². The highest BCUT2D eigenvalue weighted by atomic mass is 32.2. The van der Waals surface area contributed by atoms with Gasteiger partial charge in [-0.1, -0.05) is 198 Å². The summed E-state index contributed by atoms with van der Waals surface area (Å²) in [4.78, 5) is 189. The fourth-order valence-corrected chi connectivity index (χ4v) is 20.2. The molecule has 148 heavy (non-hydrogen) atoms. The Bertz CT molecular complexity index is 3110. The molecule has 35 nitrogen and oxygen atoms in total. The number of esters is 14. The van der Waals surface area contributed by atoms with E-state index in [1.165, 1.54) is 152 Å². The van der Waals surface area contributed by atoms with Crippen LogP contribution in [0.3, 0.4) is 0 Å². The summed E-state index contributed by atoms with van der Waals surface area (Å²) in [6, 6.07) is 0. The lowest BCUT2D eigenvalue weighted by Gasteiger charge is -2.22. The smallest absolute Gasteiger partial charge is 0.311 e. The van der Waals surface area contributed by atoms with Gasteiger partial charge < -0.3 is 96.4 Å². The molecule has 0 saturated carbocycles. The number of unbranched alkanes of at least 4 members (excludes halogenated alkanes) is 20. The molecular weight excluding hydrogens is 2030 g/mol. The summed E-state index contributed by atoms with van der Waals surface area (Å²) in [5, 5.41) is 6.51. The maximum absolute atomic E-state index is 13.3. The fraction of sp³-hybridized carbons (Fsp3) is 0.869. The number of nitrogens with zero attached hydrogens (tertiary/aromatic N) is 4. The number of likely N-dealkylation sites (N-methyl/N-ethyl adjacent to an activating group) is 1. The predicted molar refractivity (Wildman–Crippen MR) is 592 cm³/mol. The zero-order chi connectivity index (χ0) is 109. The number of carbonyl (C=O) groups excluding carboxylic acids is 14. The molecule has 0 aromatic carbocycles. The number of thioether (sulfide) groups is 6. The standard InChI is InChI=1S/C107H194N6O29S6/c1-14-18-22-26-30-34-74-143-81-88(6)102(122)138-69-62-131-95(115)39-49-111(50-40-96(116)132-63-70-139-103(123)89(7)82-144-75-35-31-27-23-19-15-2)56-59-128-80-87(5)101(121)136-67-61-130-97(117)41-51-112(57-78-147-85-92(10)106(126)137-68-60-129-94(114)38-45-108-46-47-109-48-55-110(12)13)52-44-100(120)135-66-73-142-107(127)93(11)86-148-79-58-113(53-42-98(118)133-64-71-140-104(124)90(8)83-145-76-36-32-28-24-20-16-3)54-43-99(119)134-65-72-141-105(125)91(9)84-146-77-37-33-29-25-21-17-4/h87-93,108-109H,14-86H2,1-13H3. The molecule has 0 spiro atoms. The van der Waals surface area contributed by atoms with Gasteiger partial charge in [0.2, 0.25) is 0 Å². The van der Waals surface area contributed by atoms with Crippen LogP contribution in [0.1, 0.15) is 275 Å². The molecule has 7 unspecified atom stereocenters. The Balaban J connectivity index is 5.85. The first kappa shape index (κ1) is 142. The molecule has 7 atom stereocenters. The second-order valence-corrected chi connectivity index (χ2v) is 44.6. The SMILES string of the molecule is CCCCCCCCSCC(C)C(=O)OCCOC(=O)CCN(CCOCC(C)C(=O)OCCOC(=O)CCN(CCSCC(C)C(=O)OCCOC(=O)CCNCCNCCN(C)C)CCC(=O)OCCOC(=O)C(C)CSCCN(CCC(=O)OCCOC(=O)C(C)CSCCCCCCCC)CCC(=O)OCCOC(=O)C(C)CSCCCCCCCC)CCC(=O)OCCOC(=O)C(C)CSCCCCCCCC. The van der Waals surface area contributed by atoms with E-state index in [0.29, 0.717) is 72.2 Å². The van der Waals surface area contributed by atoms with Gasteiger partial charge >= 0.3 is 83.6 Å². The molecule has 0 radical (unpaired) electrons. The van der Waals surface area contributed by atoms with Crippen molar-refractivity contribution < 1.29 is 138 Å². The summed E-state index contributed by atoms with van der Waals surface area (Å²) in [5.74, 6) is -1.60. The minimum absolute atomic E-state index is 0.0180. The summed E-state index contributed by atoms with van der Waals surface area (Å²) < 4.78 is 81.8. The first-order valence-corrected chi connectivity index (χ1v) is 61.9. The fourth-order valence-electron chi connectivity index (χ4n) is 13.8. The van der Waals surface area contributed by atoms with E-state index < -0.39 is 77.4 Å². The van der Waals surface area contributed by atoms with Crippen LogP contribution in [0.15, 0.2) is 0 Å². The summed E-state index contributed by atoms with van der Waals surface area (Å²) in [7, 11) is 4.01. The Hall–Kier alpha value is -5.60. The number of nitrogens with one attached hydrogen (secondary N) is 2. The zero-order valence-corrected chi connectivity index (χ0v) is 97.6. The highest BCUT2D eigenvalue weighted by Gasteiger charge is 2.26. The minimum Gasteiger partial charge on any atom is -0.462 e. The van der Waals surface area contributed by atoms with Crippen molar-refractivity contribution in [1.82, 2.24) is 30.2 Å². The quantitative estimate of drug-likeness (QED) is 0.0324. The lowest BCUT2D eigenvalue weighted by atomic mass is 10.1. The molecule has 0 bridgehead atoms. The Morgan fingerprint density at radius 1 is 0.209 bits per heavy atom. The molecule has 0 rings (SSSR count). The highest BCUT2D eigenvalue weighted by molar-refractivity contribution is 8.00. The van der Waals surface area contributed by atoms with Crippen LogP contribution < -0.4 is 10.6 Å². The van der Waals surface area contributed by atoms with Gasteiger partial charge in [-0.2, -0.15) is 70.6 Å². The third-order valence-corrected chi connectivity index (χ3v) is 30.9. The summed E-state index contributed by atoms with van der Waals surface area (Å²) in [5.41, 5.74) is 0. The number of hydrogen-bond acceptors (Lipinski definition) is 41. The monoisotopic (exact) mass is 2220 g/mol. The average molecular weight is 2220 g/mol. The number of ether oxygens (including phenoxy) is 15. The van der Waals surface area contributed by atoms with Crippen molar-refractivity contribution in [1.29, 1.82) is 0 Å². The van der Waals surface area contributed by atoms with E-state index in [9.17, 15) is 67.1 Å². The molecule has 0 aromatic rings. The van der Waals surface area contributed by atoms with Crippen LogP contribution in [0.4, 0.5) is 0 Å². The van der Waals surface area contributed by atoms with Crippen LogP contribution in [0.5, 0.6) is 0 Å². The van der Waals surface area contributed by atoms with Crippen LogP contribution in [0.25, 0.3) is 0 Å². The third kappa shape index (κ3) is 90.7. The maximum Gasteiger partial charge on any atom is 0.311 e. The van der Waals surface area contributed by atoms with E-state index in [4.69, 9.17) is 71.1 Å². The summed E-state index contributed by atoms with van der Waals surface area (Å²) in [6.07, 6.45) is 28.6. The van der Waals surface area contributed by atoms with E-state index in [0.717, 1.165) is 68.3 Å². The van der Waals surface area contributed by atoms with Gasteiger partial charge in [-0.3, -0.25) is 72.0 Å². The molecular formula is C107H194N6O29S6. The minimum atomic E-state index is -0.749. The molecule has 0 amide bonds. The van der Waals surface area contributed by atoms with Crippen molar-refractivity contribution in [2.45, 2.75) is 275 Å². The van der Waals surface area contributed by atoms with Crippen molar-refractivity contribution in [3.05, 3.63) is 0 Å².